The number of Topliss-reactive ketones (excluding diaryl/α,β-unsaturated/α-hetero) is 1. The van der Waals surface area contributed by atoms with Crippen molar-refractivity contribution in [3.05, 3.63) is 179 Å². The van der Waals surface area contributed by atoms with Crippen LogP contribution in [0.5, 0.6) is 34.5 Å². The number of benzene rings is 6. The summed E-state index contributed by atoms with van der Waals surface area (Å²) in [5.41, 5.74) is 22.6. The molecule has 6 N–H and O–H groups in total. The van der Waals surface area contributed by atoms with Gasteiger partial charge in [-0.1, -0.05) is 114 Å². The first-order valence-corrected chi connectivity index (χ1v) is 38.7. The lowest BCUT2D eigenvalue weighted by atomic mass is 9.76. The number of ether oxygens (including phenoxy) is 6. The van der Waals surface area contributed by atoms with Crippen molar-refractivity contribution in [2.75, 3.05) is 167 Å². The van der Waals surface area contributed by atoms with E-state index in [-0.39, 0.29) is 121 Å². The van der Waals surface area contributed by atoms with Crippen LogP contribution < -0.4 is 45.6 Å². The molecule has 26 nitrogen and oxygen atoms in total. The first kappa shape index (κ1) is 91.3. The fraction of sp³-hybridized carbons (Fsp3) is 0.483. The summed E-state index contributed by atoms with van der Waals surface area (Å²) < 4.78 is 32.5. The third-order valence-corrected chi connectivity index (χ3v) is 20.2. The average molecular weight is 1560 g/mol. The van der Waals surface area contributed by atoms with Crippen LogP contribution in [0.4, 0.5) is 0 Å². The summed E-state index contributed by atoms with van der Waals surface area (Å²) in [4.78, 5) is 145. The fourth-order valence-corrected chi connectivity index (χ4v) is 12.6. The Morgan fingerprint density at radius 1 is 0.274 bits per heavy atom. The fourth-order valence-electron chi connectivity index (χ4n) is 12.6. The number of amides is 8. The Morgan fingerprint density at radius 3 is 0.628 bits per heavy atom. The molecule has 113 heavy (non-hydrogen) atoms. The van der Waals surface area contributed by atoms with Crippen molar-refractivity contribution in [1.29, 1.82) is 0 Å². The van der Waals surface area contributed by atoms with E-state index in [1.807, 2.05) is 97.1 Å². The molecule has 6 aromatic carbocycles. The second kappa shape index (κ2) is 46.4. The molecule has 0 saturated carbocycles. The minimum Gasteiger partial charge on any atom is -0.497 e. The molecule has 0 radical (unpaired) electrons. The van der Waals surface area contributed by atoms with E-state index >= 15 is 28.8 Å². The van der Waals surface area contributed by atoms with Crippen LogP contribution in [0.2, 0.25) is 0 Å². The van der Waals surface area contributed by atoms with Crippen LogP contribution in [0, 0.1) is 16.7 Å². The summed E-state index contributed by atoms with van der Waals surface area (Å²) in [5, 5.41) is 0. The zero-order chi connectivity index (χ0) is 82.6. The zero-order valence-electron chi connectivity index (χ0n) is 68.5. The van der Waals surface area contributed by atoms with Gasteiger partial charge < -0.3 is 84.8 Å². The molecule has 0 saturated heterocycles. The summed E-state index contributed by atoms with van der Waals surface area (Å²) >= 11 is 0. The van der Waals surface area contributed by atoms with Crippen LogP contribution in [0.1, 0.15) is 87.8 Å². The molecular formula is C87H121N11O15. The number of methoxy groups -OCH3 is 6. The molecule has 0 fully saturated rings. The maximum atomic E-state index is 15.5. The quantitative estimate of drug-likeness (QED) is 0.0344. The van der Waals surface area contributed by atoms with Gasteiger partial charge in [-0.3, -0.25) is 43.2 Å². The molecule has 26 heteroatoms. The number of carbonyl (C=O) groups is 9. The highest BCUT2D eigenvalue weighted by Crippen LogP contribution is 2.32. The van der Waals surface area contributed by atoms with Crippen LogP contribution in [0.25, 0.3) is 0 Å². The molecule has 0 aliphatic carbocycles. The molecule has 6 aromatic rings. The SMILES string of the molecule is COc1ccc(CCN(CC(=O)N(CCc2ccc(OC)cc2)CC(=O)N(CCN)CC(=O)N(CCc2ccc(OC)cc2)CC(=O)N(CCc2ccc(OC)cc2)CC(=O)N(CCN)CC(=O)N(CCc2ccc(OC)cc2)CC(=O)N(CCc2ccc(OC)cc2)CC(=O)C(C)(C)C)C(=O)CC(CCN)C(C)(C)C)cc1. The van der Waals surface area contributed by atoms with E-state index in [4.69, 9.17) is 45.6 Å². The molecule has 614 valence electrons. The number of carbonyl (C=O) groups excluding carboxylic acids is 9. The number of nitrogens with zero attached hydrogens (tertiary/aromatic N) is 8. The Morgan fingerprint density at radius 2 is 0.460 bits per heavy atom. The Hall–Kier alpha value is -10.6. The summed E-state index contributed by atoms with van der Waals surface area (Å²) in [6.45, 7) is 7.97. The number of rotatable bonds is 48. The predicted molar refractivity (Wildman–Crippen MR) is 437 cm³/mol. The second-order valence-corrected chi connectivity index (χ2v) is 30.2. The van der Waals surface area contributed by atoms with Gasteiger partial charge in [-0.25, -0.2) is 0 Å². The number of ketones is 1. The molecule has 6 rings (SSSR count). The van der Waals surface area contributed by atoms with Crippen molar-refractivity contribution in [2.45, 2.75) is 92.9 Å². The van der Waals surface area contributed by atoms with Gasteiger partial charge in [0.25, 0.3) is 0 Å². The van der Waals surface area contributed by atoms with Crippen LogP contribution in [-0.4, -0.2) is 259 Å². The van der Waals surface area contributed by atoms with E-state index in [1.54, 1.807) is 117 Å². The minimum atomic E-state index is -0.794. The monoisotopic (exact) mass is 1560 g/mol. The van der Waals surface area contributed by atoms with Gasteiger partial charge in [0.05, 0.1) is 95.0 Å². The molecule has 8 amide bonds. The van der Waals surface area contributed by atoms with Crippen LogP contribution >= 0.6 is 0 Å². The third kappa shape index (κ3) is 30.8. The Bertz CT molecular complexity index is 3960. The largest absolute Gasteiger partial charge is 0.497 e. The molecule has 1 atom stereocenters. The normalized spacial score (nSPS) is 11.5. The molecule has 1 unspecified atom stereocenters. The standard InChI is InChI=1S/C87H121N11O15/c1-86(2,3)70(37-44-88)55-78(100)92(48-39-65-15-27-72(109-8)28-16-65)57-80(102)95(51-42-68-21-33-75(112-11)34-22-68)60-84(106)98(54-46-90)63-83(105)94(50-41-67-19-31-74(111-10)32-20-67)59-81(103)96(52-43-69-23-35-76(113-12)36-24-69)61-85(107)97(53-45-89)62-82(104)93(49-40-66-17-29-73(110-9)30-18-66)58-79(101)91(56-77(99)87(4,5)6)47-38-64-13-25-71(108-7)26-14-64/h13-36,70H,37-63,88-90H2,1-12H3. The van der Waals surface area contributed by atoms with Gasteiger partial charge >= 0.3 is 0 Å². The molecule has 0 aliphatic rings. The molecule has 0 aromatic heterocycles. The Balaban J connectivity index is 1.32. The van der Waals surface area contributed by atoms with Gasteiger partial charge in [0.15, 0.2) is 5.78 Å². The zero-order valence-corrected chi connectivity index (χ0v) is 68.5. The van der Waals surface area contributed by atoms with E-state index in [0.29, 0.717) is 73.1 Å². The topological polar surface area (TPSA) is 313 Å². The number of hydrogen-bond donors (Lipinski definition) is 3. The first-order valence-electron chi connectivity index (χ1n) is 38.7. The van der Waals surface area contributed by atoms with Crippen LogP contribution in [-0.2, 0) is 81.7 Å². The summed E-state index contributed by atoms with van der Waals surface area (Å²) in [6.07, 6.45) is 2.59. The Labute approximate surface area is 668 Å². The third-order valence-electron chi connectivity index (χ3n) is 20.2. The van der Waals surface area contributed by atoms with Gasteiger partial charge in [-0.15, -0.1) is 0 Å². The second-order valence-electron chi connectivity index (χ2n) is 30.2. The van der Waals surface area contributed by atoms with Crippen molar-refractivity contribution in [3.8, 4) is 34.5 Å². The summed E-state index contributed by atoms with van der Waals surface area (Å²) in [6, 6.07) is 43.9. The highest BCUT2D eigenvalue weighted by molar-refractivity contribution is 5.94. The van der Waals surface area contributed by atoms with Gasteiger partial charge in [0, 0.05) is 77.3 Å². The highest BCUT2D eigenvalue weighted by atomic mass is 16.5. The maximum absolute atomic E-state index is 15.5. The van der Waals surface area contributed by atoms with Crippen molar-refractivity contribution in [1.82, 2.24) is 39.2 Å². The van der Waals surface area contributed by atoms with Gasteiger partial charge in [-0.05, 0) is 169 Å². The van der Waals surface area contributed by atoms with Crippen LogP contribution in [0.3, 0.4) is 0 Å². The molecule has 0 heterocycles. The Kier molecular flexibility index (Phi) is 37.5. The minimum absolute atomic E-state index is 0.0331. The molecule has 0 bridgehead atoms. The lowest BCUT2D eigenvalue weighted by Gasteiger charge is -2.34. The lowest BCUT2D eigenvalue weighted by molar-refractivity contribution is -0.148. The average Bonchev–Trinajstić information content (AvgIpc) is 0.853. The summed E-state index contributed by atoms with van der Waals surface area (Å²) in [5.74, 6) is -0.927. The van der Waals surface area contributed by atoms with E-state index in [2.05, 4.69) is 20.8 Å². The lowest BCUT2D eigenvalue weighted by Crippen LogP contribution is -2.53. The van der Waals surface area contributed by atoms with Crippen molar-refractivity contribution in [2.24, 2.45) is 33.9 Å². The van der Waals surface area contributed by atoms with E-state index < -0.39 is 86.0 Å². The molecule has 0 aliphatic heterocycles. The number of hydrogen-bond acceptors (Lipinski definition) is 18. The van der Waals surface area contributed by atoms with E-state index in [9.17, 15) is 14.4 Å². The van der Waals surface area contributed by atoms with Crippen molar-refractivity contribution in [3.63, 3.8) is 0 Å². The maximum Gasteiger partial charge on any atom is 0.242 e. The predicted octanol–water partition coefficient (Wildman–Crippen LogP) is 7.06. The van der Waals surface area contributed by atoms with Crippen molar-refractivity contribution < 1.29 is 71.6 Å². The smallest absolute Gasteiger partial charge is 0.242 e. The van der Waals surface area contributed by atoms with Gasteiger partial charge in [0.2, 0.25) is 47.3 Å². The van der Waals surface area contributed by atoms with Crippen LogP contribution in [0.15, 0.2) is 146 Å². The number of nitrogens with two attached hydrogens (primary N) is 3. The highest BCUT2D eigenvalue weighted by Gasteiger charge is 2.34. The summed E-state index contributed by atoms with van der Waals surface area (Å²) in [7, 11) is 9.35. The van der Waals surface area contributed by atoms with Gasteiger partial charge in [0.1, 0.15) is 34.5 Å². The first-order chi connectivity index (χ1) is 54.0. The molecular weight excluding hydrogens is 1440 g/mol. The van der Waals surface area contributed by atoms with E-state index in [0.717, 1.165) is 33.4 Å². The molecule has 0 spiro atoms. The van der Waals surface area contributed by atoms with E-state index in [1.165, 1.54) is 34.3 Å². The van der Waals surface area contributed by atoms with Gasteiger partial charge in [-0.2, -0.15) is 0 Å². The van der Waals surface area contributed by atoms with Crippen molar-refractivity contribution >= 4 is 53.0 Å².